The van der Waals surface area contributed by atoms with Gasteiger partial charge in [0.1, 0.15) is 0 Å². The molecule has 0 fully saturated rings. The molecule has 0 aliphatic carbocycles. The summed E-state index contributed by atoms with van der Waals surface area (Å²) in [4.78, 5) is 0. The van der Waals surface area contributed by atoms with Crippen molar-refractivity contribution < 1.29 is 0 Å². The van der Waals surface area contributed by atoms with Crippen molar-refractivity contribution in [2.75, 3.05) is 39.3 Å². The van der Waals surface area contributed by atoms with Gasteiger partial charge in [0.2, 0.25) is 0 Å². The molecule has 1 unspecified atom stereocenters. The van der Waals surface area contributed by atoms with Gasteiger partial charge in [-0.3, -0.25) is 0 Å². The van der Waals surface area contributed by atoms with Gasteiger partial charge in [-0.2, -0.15) is 0 Å². The first-order chi connectivity index (χ1) is 6.72. The normalized spacial score (nSPS) is 11.8. The first kappa shape index (κ1) is 16.2. The third-order valence-electron chi connectivity index (χ3n) is 1.48. The lowest BCUT2D eigenvalue weighted by atomic mass is 10.2. The molecule has 0 aliphatic rings. The van der Waals surface area contributed by atoms with Crippen LogP contribution in [0, 0.1) is 0 Å². The minimum absolute atomic E-state index is 0.102. The van der Waals surface area contributed by atoms with Crippen molar-refractivity contribution in [1.29, 1.82) is 0 Å². The molecule has 6 heteroatoms. The fourth-order valence-corrected chi connectivity index (χ4v) is 0.661. The minimum atomic E-state index is 0.102. The van der Waals surface area contributed by atoms with Crippen LogP contribution in [0.5, 0.6) is 0 Å². The van der Waals surface area contributed by atoms with Crippen molar-refractivity contribution in [1.82, 2.24) is 5.32 Å². The van der Waals surface area contributed by atoms with E-state index in [-0.39, 0.29) is 6.04 Å². The SMILES string of the molecule is NCCC(N)CN.NCCNCCN. The molecule has 0 heterocycles. The number of nitrogens with one attached hydrogen (secondary N) is 1. The Bertz CT molecular complexity index is 85.9. The Morgan fingerprint density at radius 1 is 0.857 bits per heavy atom. The highest BCUT2D eigenvalue weighted by Crippen LogP contribution is 1.77. The van der Waals surface area contributed by atoms with Crippen LogP contribution in [0.4, 0.5) is 0 Å². The topological polar surface area (TPSA) is 142 Å². The van der Waals surface area contributed by atoms with Gasteiger partial charge < -0.3 is 34.0 Å². The van der Waals surface area contributed by atoms with Gasteiger partial charge in [0.15, 0.2) is 0 Å². The quantitative estimate of drug-likeness (QED) is 0.247. The predicted octanol–water partition coefficient (Wildman–Crippen LogP) is -2.89. The summed E-state index contributed by atoms with van der Waals surface area (Å²) in [5.41, 5.74) is 26.1. The average Bonchev–Trinajstić information content (AvgIpc) is 2.20. The zero-order valence-electron chi connectivity index (χ0n) is 8.91. The zero-order valence-corrected chi connectivity index (χ0v) is 8.91. The van der Waals surface area contributed by atoms with Gasteiger partial charge in [0.05, 0.1) is 0 Å². The molecular weight excluding hydrogens is 180 g/mol. The summed E-state index contributed by atoms with van der Waals surface area (Å²) in [5.74, 6) is 0. The summed E-state index contributed by atoms with van der Waals surface area (Å²) < 4.78 is 0. The van der Waals surface area contributed by atoms with Gasteiger partial charge in [-0.15, -0.1) is 0 Å². The van der Waals surface area contributed by atoms with E-state index in [2.05, 4.69) is 5.32 Å². The third kappa shape index (κ3) is 17.7. The van der Waals surface area contributed by atoms with Crippen molar-refractivity contribution in [2.45, 2.75) is 12.5 Å². The number of hydrogen-bond acceptors (Lipinski definition) is 6. The third-order valence-corrected chi connectivity index (χ3v) is 1.48. The standard InChI is InChI=1S/2C4H13N3/c5-1-3-7-4-2-6;5-2-1-4(7)3-6/h7H,1-6H2;4H,1-3,5-7H2. The fraction of sp³-hybridized carbons (Fsp3) is 1.00. The van der Waals surface area contributed by atoms with Gasteiger partial charge in [-0.05, 0) is 13.0 Å². The molecule has 0 aliphatic heterocycles. The van der Waals surface area contributed by atoms with Crippen LogP contribution >= 0.6 is 0 Å². The van der Waals surface area contributed by atoms with Crippen molar-refractivity contribution in [3.05, 3.63) is 0 Å². The van der Waals surface area contributed by atoms with Crippen LogP contribution < -0.4 is 34.0 Å². The Morgan fingerprint density at radius 2 is 1.36 bits per heavy atom. The lowest BCUT2D eigenvalue weighted by Gasteiger charge is -2.03. The second-order valence-electron chi connectivity index (χ2n) is 2.90. The molecular formula is C8H26N6. The van der Waals surface area contributed by atoms with E-state index < -0.39 is 0 Å². The van der Waals surface area contributed by atoms with Crippen LogP contribution in [0.2, 0.25) is 0 Å². The fourth-order valence-electron chi connectivity index (χ4n) is 0.661. The summed E-state index contributed by atoms with van der Waals surface area (Å²) in [7, 11) is 0. The van der Waals surface area contributed by atoms with Crippen LogP contribution in [0.3, 0.4) is 0 Å². The highest BCUT2D eigenvalue weighted by molar-refractivity contribution is 4.60. The lowest BCUT2D eigenvalue weighted by molar-refractivity contribution is 0.631. The van der Waals surface area contributed by atoms with E-state index in [9.17, 15) is 0 Å². The van der Waals surface area contributed by atoms with Crippen LogP contribution in [0.15, 0.2) is 0 Å². The molecule has 0 spiro atoms. The molecule has 1 atom stereocenters. The largest absolute Gasteiger partial charge is 0.330 e. The molecule has 0 aromatic carbocycles. The summed E-state index contributed by atoms with van der Waals surface area (Å²) in [6, 6.07) is 0.102. The van der Waals surface area contributed by atoms with Crippen molar-refractivity contribution in [2.24, 2.45) is 28.7 Å². The van der Waals surface area contributed by atoms with E-state index in [0.717, 1.165) is 19.5 Å². The molecule has 0 saturated carbocycles. The maximum Gasteiger partial charge on any atom is 0.0175 e. The number of nitrogens with two attached hydrogens (primary N) is 5. The molecule has 0 bridgehead atoms. The van der Waals surface area contributed by atoms with Gasteiger partial charge >= 0.3 is 0 Å². The summed E-state index contributed by atoms with van der Waals surface area (Å²) >= 11 is 0. The van der Waals surface area contributed by atoms with Crippen molar-refractivity contribution in [3.8, 4) is 0 Å². The van der Waals surface area contributed by atoms with E-state index in [1.807, 2.05) is 0 Å². The Labute approximate surface area is 86.5 Å². The number of hydrogen-bond donors (Lipinski definition) is 6. The average molecular weight is 206 g/mol. The van der Waals surface area contributed by atoms with E-state index in [1.165, 1.54) is 0 Å². The summed E-state index contributed by atoms with van der Waals surface area (Å²) in [6.45, 7) is 4.31. The maximum atomic E-state index is 5.38. The van der Waals surface area contributed by atoms with Crippen molar-refractivity contribution >= 4 is 0 Å². The molecule has 88 valence electrons. The molecule has 11 N–H and O–H groups in total. The molecule has 0 aromatic rings. The van der Waals surface area contributed by atoms with Crippen LogP contribution in [-0.4, -0.2) is 45.3 Å². The molecule has 0 aromatic heterocycles. The van der Waals surface area contributed by atoms with Gasteiger partial charge in [-0.25, -0.2) is 0 Å². The van der Waals surface area contributed by atoms with E-state index in [1.54, 1.807) is 0 Å². The van der Waals surface area contributed by atoms with Gasteiger partial charge in [0.25, 0.3) is 0 Å². The molecule has 14 heavy (non-hydrogen) atoms. The Kier molecular flexibility index (Phi) is 17.6. The number of rotatable bonds is 7. The Hall–Kier alpha value is -0.240. The molecule has 0 radical (unpaired) electrons. The second kappa shape index (κ2) is 15.2. The van der Waals surface area contributed by atoms with Crippen LogP contribution in [0.1, 0.15) is 6.42 Å². The summed E-state index contributed by atoms with van der Waals surface area (Å²) in [6.07, 6.45) is 0.830. The Balaban J connectivity index is 0. The predicted molar refractivity (Wildman–Crippen MR) is 61.7 cm³/mol. The second-order valence-corrected chi connectivity index (χ2v) is 2.90. The molecule has 0 amide bonds. The molecule has 6 nitrogen and oxygen atoms in total. The highest BCUT2D eigenvalue weighted by Gasteiger charge is 1.93. The monoisotopic (exact) mass is 206 g/mol. The minimum Gasteiger partial charge on any atom is -0.330 e. The zero-order chi connectivity index (χ0) is 11.2. The van der Waals surface area contributed by atoms with Crippen LogP contribution in [0.25, 0.3) is 0 Å². The molecule has 0 rings (SSSR count). The Morgan fingerprint density at radius 3 is 1.57 bits per heavy atom. The van der Waals surface area contributed by atoms with E-state index >= 15 is 0 Å². The molecule has 0 saturated heterocycles. The lowest BCUT2D eigenvalue weighted by Crippen LogP contribution is -2.31. The smallest absolute Gasteiger partial charge is 0.0175 e. The van der Waals surface area contributed by atoms with Gasteiger partial charge in [0, 0.05) is 38.8 Å². The summed E-state index contributed by atoms with van der Waals surface area (Å²) in [5, 5.41) is 3.03. The van der Waals surface area contributed by atoms with E-state index in [0.29, 0.717) is 26.2 Å². The first-order valence-corrected chi connectivity index (χ1v) is 4.99. The van der Waals surface area contributed by atoms with Crippen molar-refractivity contribution in [3.63, 3.8) is 0 Å². The van der Waals surface area contributed by atoms with Crippen LogP contribution in [-0.2, 0) is 0 Å². The first-order valence-electron chi connectivity index (χ1n) is 4.99. The van der Waals surface area contributed by atoms with E-state index in [4.69, 9.17) is 28.7 Å². The maximum absolute atomic E-state index is 5.38. The van der Waals surface area contributed by atoms with Gasteiger partial charge in [-0.1, -0.05) is 0 Å². The highest BCUT2D eigenvalue weighted by atomic mass is 14.9.